The molecule has 4 heteroatoms. The fourth-order valence-electron chi connectivity index (χ4n) is 1.18. The van der Waals surface area contributed by atoms with Crippen LogP contribution in [0, 0.1) is 11.3 Å². The van der Waals surface area contributed by atoms with Gasteiger partial charge in [0, 0.05) is 11.8 Å². The number of hydrogen-bond acceptors (Lipinski definition) is 3. The van der Waals surface area contributed by atoms with Crippen molar-refractivity contribution >= 4 is 21.6 Å². The molecule has 1 aromatic carbocycles. The molecule has 1 aromatic rings. The van der Waals surface area contributed by atoms with Crippen LogP contribution in [0.2, 0.25) is 0 Å². The minimum Gasteiger partial charge on any atom is -0.495 e. The lowest BCUT2D eigenvalue weighted by molar-refractivity contribution is 0.412. The number of benzene rings is 1. The number of anilines is 1. The van der Waals surface area contributed by atoms with Gasteiger partial charge in [-0.05, 0) is 34.5 Å². The average Bonchev–Trinajstić information content (AvgIpc) is 2.28. The van der Waals surface area contributed by atoms with E-state index in [0.717, 1.165) is 22.3 Å². The van der Waals surface area contributed by atoms with Crippen molar-refractivity contribution in [3.63, 3.8) is 0 Å². The molecule has 0 spiro atoms. The molecule has 0 bridgehead atoms. The first-order valence-corrected chi connectivity index (χ1v) is 5.50. The lowest BCUT2D eigenvalue weighted by Gasteiger charge is -2.12. The van der Waals surface area contributed by atoms with Crippen molar-refractivity contribution in [3.05, 3.63) is 22.7 Å². The average molecular weight is 269 g/mol. The lowest BCUT2D eigenvalue weighted by Crippen LogP contribution is -2.15. The normalized spacial score (nSPS) is 11.6. The van der Waals surface area contributed by atoms with Gasteiger partial charge in [0.25, 0.3) is 0 Å². The van der Waals surface area contributed by atoms with Crippen LogP contribution in [0.3, 0.4) is 0 Å². The van der Waals surface area contributed by atoms with Crippen LogP contribution in [0.15, 0.2) is 22.7 Å². The summed E-state index contributed by atoms with van der Waals surface area (Å²) in [4.78, 5) is 0. The van der Waals surface area contributed by atoms with Gasteiger partial charge in [-0.25, -0.2) is 0 Å². The third-order valence-electron chi connectivity index (χ3n) is 2.06. The molecule has 0 radical (unpaired) electrons. The predicted molar refractivity (Wildman–Crippen MR) is 64.0 cm³/mol. The first-order chi connectivity index (χ1) is 7.21. The molecule has 1 N–H and O–H groups in total. The minimum absolute atomic E-state index is 0.157. The zero-order valence-corrected chi connectivity index (χ0v) is 10.3. The molecule has 0 aliphatic rings. The molecule has 15 heavy (non-hydrogen) atoms. The fraction of sp³-hybridized carbons (Fsp3) is 0.364. The van der Waals surface area contributed by atoms with E-state index in [2.05, 4.69) is 27.3 Å². The van der Waals surface area contributed by atoms with Crippen LogP contribution in [-0.4, -0.2) is 13.2 Å². The molecule has 1 atom stereocenters. The highest BCUT2D eigenvalue weighted by Crippen LogP contribution is 2.28. The highest BCUT2D eigenvalue weighted by atomic mass is 79.9. The number of halogens is 1. The first-order valence-electron chi connectivity index (χ1n) is 4.71. The molecule has 0 aliphatic heterocycles. The predicted octanol–water partition coefficient (Wildman–Crippen LogP) is 3.17. The number of nitrogens with one attached hydrogen (secondary N) is 1. The SMILES string of the molecule is CCC(C#N)Nc1ccc(Br)c(OC)c1. The Hall–Kier alpha value is -1.21. The van der Waals surface area contributed by atoms with Crippen LogP contribution in [0.4, 0.5) is 5.69 Å². The van der Waals surface area contributed by atoms with Crippen molar-refractivity contribution in [1.29, 1.82) is 5.26 Å². The van der Waals surface area contributed by atoms with Gasteiger partial charge in [-0.1, -0.05) is 6.92 Å². The second kappa shape index (κ2) is 5.62. The van der Waals surface area contributed by atoms with Gasteiger partial charge in [0.05, 0.1) is 17.7 Å². The summed E-state index contributed by atoms with van der Waals surface area (Å²) in [6.45, 7) is 1.97. The molecule has 0 saturated heterocycles. The molecule has 1 rings (SSSR count). The third kappa shape index (κ3) is 3.14. The van der Waals surface area contributed by atoms with E-state index in [1.807, 2.05) is 25.1 Å². The molecule has 0 fully saturated rings. The van der Waals surface area contributed by atoms with E-state index in [1.165, 1.54) is 0 Å². The van der Waals surface area contributed by atoms with Gasteiger partial charge in [0.15, 0.2) is 0 Å². The highest BCUT2D eigenvalue weighted by molar-refractivity contribution is 9.10. The Morgan fingerprint density at radius 2 is 2.33 bits per heavy atom. The monoisotopic (exact) mass is 268 g/mol. The molecule has 1 unspecified atom stereocenters. The Kier molecular flexibility index (Phi) is 4.44. The largest absolute Gasteiger partial charge is 0.495 e. The van der Waals surface area contributed by atoms with Crippen LogP contribution in [0.25, 0.3) is 0 Å². The van der Waals surface area contributed by atoms with E-state index in [1.54, 1.807) is 7.11 Å². The van der Waals surface area contributed by atoms with Gasteiger partial charge < -0.3 is 10.1 Å². The summed E-state index contributed by atoms with van der Waals surface area (Å²) in [5.41, 5.74) is 0.892. The van der Waals surface area contributed by atoms with Gasteiger partial charge in [0.1, 0.15) is 11.8 Å². The Morgan fingerprint density at radius 3 is 2.87 bits per heavy atom. The van der Waals surface area contributed by atoms with Crippen molar-refractivity contribution in [1.82, 2.24) is 0 Å². The standard InChI is InChI=1S/C11H13BrN2O/c1-3-8(7-13)14-9-4-5-10(12)11(6-9)15-2/h4-6,8,14H,3H2,1-2H3. The van der Waals surface area contributed by atoms with Gasteiger partial charge in [-0.3, -0.25) is 0 Å². The number of methoxy groups -OCH3 is 1. The van der Waals surface area contributed by atoms with Crippen LogP contribution in [0.5, 0.6) is 5.75 Å². The van der Waals surface area contributed by atoms with Gasteiger partial charge in [-0.2, -0.15) is 5.26 Å². The molecular formula is C11H13BrN2O. The van der Waals surface area contributed by atoms with Crippen LogP contribution >= 0.6 is 15.9 Å². The van der Waals surface area contributed by atoms with E-state index >= 15 is 0 Å². The van der Waals surface area contributed by atoms with E-state index in [0.29, 0.717) is 0 Å². The number of nitrogens with zero attached hydrogens (tertiary/aromatic N) is 1. The van der Waals surface area contributed by atoms with E-state index in [4.69, 9.17) is 10.00 Å². The highest BCUT2D eigenvalue weighted by Gasteiger charge is 2.06. The fourth-order valence-corrected chi connectivity index (χ4v) is 1.58. The number of hydrogen-bond donors (Lipinski definition) is 1. The molecular weight excluding hydrogens is 256 g/mol. The second-order valence-electron chi connectivity index (χ2n) is 3.08. The van der Waals surface area contributed by atoms with Crippen molar-refractivity contribution in [2.45, 2.75) is 19.4 Å². The second-order valence-corrected chi connectivity index (χ2v) is 3.94. The molecule has 80 valence electrons. The van der Waals surface area contributed by atoms with Gasteiger partial charge >= 0.3 is 0 Å². The quantitative estimate of drug-likeness (QED) is 0.913. The van der Waals surface area contributed by atoms with Crippen molar-refractivity contribution in [2.24, 2.45) is 0 Å². The Labute approximate surface area is 98.2 Å². The minimum atomic E-state index is -0.157. The molecule has 0 saturated carbocycles. The smallest absolute Gasteiger partial charge is 0.135 e. The Bertz CT molecular complexity index is 373. The zero-order valence-electron chi connectivity index (χ0n) is 8.75. The van der Waals surface area contributed by atoms with Gasteiger partial charge in [-0.15, -0.1) is 0 Å². The van der Waals surface area contributed by atoms with E-state index < -0.39 is 0 Å². The molecule has 3 nitrogen and oxygen atoms in total. The summed E-state index contributed by atoms with van der Waals surface area (Å²) in [5, 5.41) is 11.9. The van der Waals surface area contributed by atoms with Crippen molar-refractivity contribution < 1.29 is 4.74 Å². The molecule has 0 heterocycles. The summed E-state index contributed by atoms with van der Waals surface area (Å²) in [5.74, 6) is 0.757. The summed E-state index contributed by atoms with van der Waals surface area (Å²) in [6, 6.07) is 7.70. The maximum absolute atomic E-state index is 8.82. The number of ether oxygens (including phenoxy) is 1. The van der Waals surface area contributed by atoms with Crippen molar-refractivity contribution in [3.8, 4) is 11.8 Å². The maximum atomic E-state index is 8.82. The van der Waals surface area contributed by atoms with Crippen LogP contribution in [-0.2, 0) is 0 Å². The summed E-state index contributed by atoms with van der Waals surface area (Å²) >= 11 is 3.37. The van der Waals surface area contributed by atoms with E-state index in [-0.39, 0.29) is 6.04 Å². The zero-order chi connectivity index (χ0) is 11.3. The maximum Gasteiger partial charge on any atom is 0.135 e. The lowest BCUT2D eigenvalue weighted by atomic mass is 10.2. The van der Waals surface area contributed by atoms with E-state index in [9.17, 15) is 0 Å². The van der Waals surface area contributed by atoms with Crippen LogP contribution in [0.1, 0.15) is 13.3 Å². The van der Waals surface area contributed by atoms with Gasteiger partial charge in [0.2, 0.25) is 0 Å². The summed E-state index contributed by atoms with van der Waals surface area (Å²) in [7, 11) is 1.62. The summed E-state index contributed by atoms with van der Waals surface area (Å²) in [6.07, 6.45) is 0.773. The summed E-state index contributed by atoms with van der Waals surface area (Å²) < 4.78 is 6.07. The molecule has 0 amide bonds. The Morgan fingerprint density at radius 1 is 1.60 bits per heavy atom. The van der Waals surface area contributed by atoms with Crippen LogP contribution < -0.4 is 10.1 Å². The molecule has 0 aliphatic carbocycles. The Balaban J connectivity index is 2.83. The number of nitriles is 1. The van der Waals surface area contributed by atoms with Crippen molar-refractivity contribution in [2.75, 3.05) is 12.4 Å². The first kappa shape index (κ1) is 11.9. The third-order valence-corrected chi connectivity index (χ3v) is 2.71. The number of rotatable bonds is 4. The topological polar surface area (TPSA) is 45.0 Å². The molecule has 0 aromatic heterocycles.